The van der Waals surface area contributed by atoms with Gasteiger partial charge in [-0.3, -0.25) is 9.48 Å². The molecule has 1 aliphatic heterocycles. The summed E-state index contributed by atoms with van der Waals surface area (Å²) in [6.45, 7) is 3.71. The molecule has 1 amide bonds. The number of aromatic nitrogens is 4. The Kier molecular flexibility index (Phi) is 8.11. The SMILES string of the molecule is COc1cc2c(Nc3cnn(CC(=O)Nc4cccc(F)c4F)c3)ncnc2cc1OCCCN1CCCC1. The van der Waals surface area contributed by atoms with Gasteiger partial charge < -0.3 is 25.0 Å². The zero-order chi connectivity index (χ0) is 27.2. The lowest BCUT2D eigenvalue weighted by atomic mass is 10.2. The van der Waals surface area contributed by atoms with Crippen LogP contribution in [0.5, 0.6) is 11.5 Å². The van der Waals surface area contributed by atoms with Crippen LogP contribution in [-0.4, -0.2) is 63.9 Å². The van der Waals surface area contributed by atoms with Crippen LogP contribution < -0.4 is 20.1 Å². The van der Waals surface area contributed by atoms with Crippen molar-refractivity contribution in [2.75, 3.05) is 44.0 Å². The number of hydrogen-bond acceptors (Lipinski definition) is 8. The van der Waals surface area contributed by atoms with Crippen LogP contribution in [0.3, 0.4) is 0 Å². The number of nitrogens with one attached hydrogen (secondary N) is 2. The summed E-state index contributed by atoms with van der Waals surface area (Å²) in [5.41, 5.74) is 1.01. The molecule has 0 unspecified atom stereocenters. The molecule has 0 spiro atoms. The highest BCUT2D eigenvalue weighted by atomic mass is 19.2. The standard InChI is InChI=1S/C27H29F2N7O3/c1-38-23-12-19-22(13-24(23)39-11-5-10-35-8-2-3-9-35)30-17-31-27(19)33-18-14-32-36(15-18)16-25(37)34-21-7-4-6-20(28)26(21)29/h4,6-7,12-15,17H,2-3,5,8-11,16H2,1H3,(H,34,37)(H,30,31,33). The Bertz CT molecular complexity index is 1460. The average Bonchev–Trinajstić information content (AvgIpc) is 3.61. The van der Waals surface area contributed by atoms with E-state index in [0.29, 0.717) is 40.5 Å². The van der Waals surface area contributed by atoms with E-state index >= 15 is 0 Å². The van der Waals surface area contributed by atoms with Crippen molar-refractivity contribution in [1.82, 2.24) is 24.6 Å². The van der Waals surface area contributed by atoms with Crippen molar-refractivity contribution in [2.45, 2.75) is 25.8 Å². The van der Waals surface area contributed by atoms with Crippen molar-refractivity contribution in [3.63, 3.8) is 0 Å². The van der Waals surface area contributed by atoms with Gasteiger partial charge in [0.05, 0.1) is 36.8 Å². The first-order valence-electron chi connectivity index (χ1n) is 12.7. The van der Waals surface area contributed by atoms with Gasteiger partial charge in [-0.25, -0.2) is 18.7 Å². The third-order valence-corrected chi connectivity index (χ3v) is 6.42. The minimum absolute atomic E-state index is 0.200. The molecular formula is C27H29F2N7O3. The summed E-state index contributed by atoms with van der Waals surface area (Å²) >= 11 is 0. The third-order valence-electron chi connectivity index (χ3n) is 6.42. The van der Waals surface area contributed by atoms with Crippen molar-refractivity contribution in [3.8, 4) is 11.5 Å². The molecule has 10 nitrogen and oxygen atoms in total. The van der Waals surface area contributed by atoms with Crippen molar-refractivity contribution in [2.24, 2.45) is 0 Å². The zero-order valence-corrected chi connectivity index (χ0v) is 21.5. The maximum Gasteiger partial charge on any atom is 0.246 e. The van der Waals surface area contributed by atoms with E-state index in [4.69, 9.17) is 9.47 Å². The molecule has 2 N–H and O–H groups in total. The van der Waals surface area contributed by atoms with Crippen LogP contribution in [0.1, 0.15) is 19.3 Å². The molecule has 0 aliphatic carbocycles. The summed E-state index contributed by atoms with van der Waals surface area (Å²) in [6.07, 6.45) is 8.03. The quantitative estimate of drug-likeness (QED) is 0.272. The lowest BCUT2D eigenvalue weighted by Gasteiger charge is -2.16. The third kappa shape index (κ3) is 6.40. The molecule has 5 rings (SSSR count). The van der Waals surface area contributed by atoms with Crippen LogP contribution in [0.2, 0.25) is 0 Å². The normalized spacial score (nSPS) is 13.5. The second-order valence-corrected chi connectivity index (χ2v) is 9.19. The van der Waals surface area contributed by atoms with E-state index in [9.17, 15) is 13.6 Å². The number of benzene rings is 2. The zero-order valence-electron chi connectivity index (χ0n) is 21.5. The number of likely N-dealkylation sites (tertiary alicyclic amines) is 1. The first-order valence-corrected chi connectivity index (χ1v) is 12.7. The maximum atomic E-state index is 13.8. The lowest BCUT2D eigenvalue weighted by molar-refractivity contribution is -0.116. The molecular weight excluding hydrogens is 508 g/mol. The van der Waals surface area contributed by atoms with Gasteiger partial charge in [-0.15, -0.1) is 0 Å². The van der Waals surface area contributed by atoms with Gasteiger partial charge in [-0.1, -0.05) is 6.07 Å². The highest BCUT2D eigenvalue weighted by Crippen LogP contribution is 2.34. The van der Waals surface area contributed by atoms with E-state index in [1.807, 2.05) is 12.1 Å². The van der Waals surface area contributed by atoms with E-state index in [1.54, 1.807) is 13.3 Å². The Labute approximate surface area is 223 Å². The molecule has 2 aromatic heterocycles. The number of fused-ring (bicyclic) bond motifs is 1. The van der Waals surface area contributed by atoms with Crippen molar-refractivity contribution in [3.05, 3.63) is 60.7 Å². The van der Waals surface area contributed by atoms with Crippen LogP contribution in [0.25, 0.3) is 10.9 Å². The van der Waals surface area contributed by atoms with Gasteiger partial charge in [0, 0.05) is 24.2 Å². The summed E-state index contributed by atoms with van der Waals surface area (Å²) in [7, 11) is 1.58. The van der Waals surface area contributed by atoms with Crippen LogP contribution in [-0.2, 0) is 11.3 Å². The number of carbonyl (C=O) groups is 1. The molecule has 204 valence electrons. The Balaban J connectivity index is 1.24. The Morgan fingerprint density at radius 3 is 2.79 bits per heavy atom. The minimum atomic E-state index is -1.12. The van der Waals surface area contributed by atoms with E-state index < -0.39 is 17.5 Å². The second-order valence-electron chi connectivity index (χ2n) is 9.19. The summed E-state index contributed by atoms with van der Waals surface area (Å²) < 4.78 is 40.2. The Morgan fingerprint density at radius 1 is 1.13 bits per heavy atom. The summed E-state index contributed by atoms with van der Waals surface area (Å²) in [5, 5.41) is 10.4. The highest BCUT2D eigenvalue weighted by molar-refractivity contribution is 5.93. The molecule has 2 aromatic carbocycles. The molecule has 0 atom stereocenters. The number of hydrogen-bond donors (Lipinski definition) is 2. The van der Waals surface area contributed by atoms with Gasteiger partial charge in [0.2, 0.25) is 5.91 Å². The lowest BCUT2D eigenvalue weighted by Crippen LogP contribution is -2.21. The molecule has 39 heavy (non-hydrogen) atoms. The molecule has 1 saturated heterocycles. The van der Waals surface area contributed by atoms with Crippen LogP contribution in [0, 0.1) is 11.6 Å². The fraction of sp³-hybridized carbons (Fsp3) is 0.333. The number of methoxy groups -OCH3 is 1. The van der Waals surface area contributed by atoms with Gasteiger partial charge in [-0.2, -0.15) is 5.10 Å². The van der Waals surface area contributed by atoms with Crippen molar-refractivity contribution in [1.29, 1.82) is 0 Å². The van der Waals surface area contributed by atoms with Crippen LogP contribution in [0.4, 0.5) is 26.0 Å². The molecule has 0 radical (unpaired) electrons. The van der Waals surface area contributed by atoms with Crippen LogP contribution in [0.15, 0.2) is 49.1 Å². The molecule has 12 heteroatoms. The fourth-order valence-corrected chi connectivity index (χ4v) is 4.50. The van der Waals surface area contributed by atoms with E-state index in [0.717, 1.165) is 32.1 Å². The van der Waals surface area contributed by atoms with Gasteiger partial charge in [-0.05, 0) is 50.6 Å². The number of anilines is 3. The van der Waals surface area contributed by atoms with Gasteiger partial charge >= 0.3 is 0 Å². The number of nitrogens with zero attached hydrogens (tertiary/aromatic N) is 5. The number of rotatable bonds is 11. The first kappa shape index (κ1) is 26.3. The topological polar surface area (TPSA) is 106 Å². The molecule has 0 saturated carbocycles. The Hall–Kier alpha value is -4.32. The predicted octanol–water partition coefficient (Wildman–Crippen LogP) is 4.36. The molecule has 0 bridgehead atoms. The monoisotopic (exact) mass is 537 g/mol. The highest BCUT2D eigenvalue weighted by Gasteiger charge is 2.15. The van der Waals surface area contributed by atoms with E-state index in [1.165, 1.54) is 42.2 Å². The summed E-state index contributed by atoms with van der Waals surface area (Å²) in [6, 6.07) is 7.23. The fourth-order valence-electron chi connectivity index (χ4n) is 4.50. The number of ether oxygens (including phenoxy) is 2. The van der Waals surface area contributed by atoms with E-state index in [2.05, 4.69) is 30.6 Å². The Morgan fingerprint density at radius 2 is 1.97 bits per heavy atom. The van der Waals surface area contributed by atoms with Crippen molar-refractivity contribution < 1.29 is 23.0 Å². The number of amides is 1. The van der Waals surface area contributed by atoms with Crippen molar-refractivity contribution >= 4 is 34.0 Å². The average molecular weight is 538 g/mol. The van der Waals surface area contributed by atoms with Crippen LogP contribution >= 0.6 is 0 Å². The number of carbonyl (C=O) groups excluding carboxylic acids is 1. The minimum Gasteiger partial charge on any atom is -0.493 e. The van der Waals surface area contributed by atoms with Gasteiger partial charge in [0.1, 0.15) is 18.7 Å². The smallest absolute Gasteiger partial charge is 0.246 e. The molecule has 4 aromatic rings. The molecule has 1 aliphatic rings. The molecule has 1 fully saturated rings. The van der Waals surface area contributed by atoms with Gasteiger partial charge in [0.25, 0.3) is 0 Å². The first-order chi connectivity index (χ1) is 19.0. The second kappa shape index (κ2) is 12.0. The predicted molar refractivity (Wildman–Crippen MR) is 142 cm³/mol. The summed E-state index contributed by atoms with van der Waals surface area (Å²) in [5.74, 6) is -1.01. The summed E-state index contributed by atoms with van der Waals surface area (Å²) in [4.78, 5) is 23.5. The maximum absolute atomic E-state index is 13.8. The number of halogens is 2. The largest absolute Gasteiger partial charge is 0.493 e. The molecule has 3 heterocycles. The van der Waals surface area contributed by atoms with E-state index in [-0.39, 0.29) is 12.2 Å². The van der Waals surface area contributed by atoms with Gasteiger partial charge in [0.15, 0.2) is 23.1 Å².